The van der Waals surface area contributed by atoms with Crippen molar-refractivity contribution in [3.05, 3.63) is 102 Å². The molecule has 0 radical (unpaired) electrons. The summed E-state index contributed by atoms with van der Waals surface area (Å²) in [6.45, 7) is 5.63. The molecule has 2 aromatic carbocycles. The van der Waals surface area contributed by atoms with E-state index in [1.807, 2.05) is 37.3 Å². The van der Waals surface area contributed by atoms with E-state index in [4.69, 9.17) is 0 Å². The van der Waals surface area contributed by atoms with Gasteiger partial charge in [0.05, 0.1) is 4.90 Å². The second-order valence-corrected chi connectivity index (χ2v) is 8.11. The first kappa shape index (κ1) is 18.2. The van der Waals surface area contributed by atoms with Gasteiger partial charge in [0.2, 0.25) is 0 Å². The Balaban J connectivity index is 2.05. The molecule has 1 heterocycles. The summed E-state index contributed by atoms with van der Waals surface area (Å²) < 4.78 is 26.8. The number of hydrogen-bond acceptors (Lipinski definition) is 3. The molecule has 0 saturated heterocycles. The highest BCUT2D eigenvalue weighted by Gasteiger charge is 2.32. The van der Waals surface area contributed by atoms with Crippen LogP contribution in [0.25, 0.3) is 0 Å². The lowest BCUT2D eigenvalue weighted by atomic mass is 9.85. The molecule has 0 aliphatic carbocycles. The van der Waals surface area contributed by atoms with Gasteiger partial charge in [0.1, 0.15) is 5.60 Å². The molecule has 0 aliphatic rings. The Bertz CT molecular complexity index is 1000. The topological polar surface area (TPSA) is 59.3 Å². The van der Waals surface area contributed by atoms with Crippen LogP contribution in [-0.4, -0.2) is 17.5 Å². The van der Waals surface area contributed by atoms with E-state index in [-0.39, 0.29) is 11.3 Å². The van der Waals surface area contributed by atoms with E-state index in [1.165, 1.54) is 12.4 Å². The van der Waals surface area contributed by atoms with Gasteiger partial charge in [-0.05, 0) is 30.7 Å². The monoisotopic (exact) mass is 367 g/mol. The van der Waals surface area contributed by atoms with Gasteiger partial charge >= 0.3 is 0 Å². The molecular weight excluding hydrogens is 346 g/mol. The number of benzene rings is 2. The largest absolute Gasteiger partial charge is 0.380 e. The molecule has 1 atom stereocenters. The van der Waals surface area contributed by atoms with Gasteiger partial charge in [0, 0.05) is 24.4 Å². The summed E-state index contributed by atoms with van der Waals surface area (Å²) in [7, 11) is -3.71. The molecule has 0 fully saturated rings. The van der Waals surface area contributed by atoms with Crippen LogP contribution in [0.1, 0.15) is 23.1 Å². The highest BCUT2D eigenvalue weighted by Crippen LogP contribution is 2.34. The van der Waals surface area contributed by atoms with Gasteiger partial charge in [-0.2, -0.15) is 0 Å². The Morgan fingerprint density at radius 3 is 2.31 bits per heavy atom. The molecule has 1 aromatic heterocycles. The predicted octanol–water partition coefficient (Wildman–Crippen LogP) is 3.85. The first-order valence-corrected chi connectivity index (χ1v) is 9.71. The van der Waals surface area contributed by atoms with Crippen LogP contribution in [0.4, 0.5) is 0 Å². The van der Waals surface area contributed by atoms with E-state index >= 15 is 0 Å². The molecule has 4 nitrogen and oxygen atoms in total. The number of hydrogen-bond donors (Lipinski definition) is 1. The Kier molecular flexibility index (Phi) is 4.85. The van der Waals surface area contributed by atoms with Gasteiger partial charge in [-0.15, -0.1) is 6.58 Å². The Morgan fingerprint density at radius 2 is 1.69 bits per heavy atom. The average molecular weight is 367 g/mol. The van der Waals surface area contributed by atoms with Crippen LogP contribution >= 0.6 is 0 Å². The van der Waals surface area contributed by atoms with Crippen molar-refractivity contribution in [3.8, 4) is 0 Å². The van der Waals surface area contributed by atoms with Crippen molar-refractivity contribution in [1.29, 1.82) is 0 Å². The molecule has 3 rings (SSSR count). The molecule has 0 saturated carbocycles. The molecule has 26 heavy (non-hydrogen) atoms. The zero-order valence-electron chi connectivity index (χ0n) is 14.5. The molecular formula is C21H21NO3S. The SMILES string of the molecule is C=CCC(O)(c1ccccc1)c1ccn(S(=O)(=O)c2ccc(C)cc2)c1. The normalized spacial score (nSPS) is 13.9. The van der Waals surface area contributed by atoms with Gasteiger partial charge in [0.15, 0.2) is 0 Å². The van der Waals surface area contributed by atoms with Gasteiger partial charge in [-0.25, -0.2) is 12.4 Å². The second-order valence-electron chi connectivity index (χ2n) is 6.27. The maximum atomic E-state index is 12.8. The zero-order valence-corrected chi connectivity index (χ0v) is 15.4. The summed E-state index contributed by atoms with van der Waals surface area (Å²) >= 11 is 0. The van der Waals surface area contributed by atoms with Crippen LogP contribution in [0.3, 0.4) is 0 Å². The van der Waals surface area contributed by atoms with Crippen LogP contribution in [0, 0.1) is 6.92 Å². The van der Waals surface area contributed by atoms with Crippen molar-refractivity contribution >= 4 is 10.0 Å². The summed E-state index contributed by atoms with van der Waals surface area (Å²) in [5.41, 5.74) is 0.836. The van der Waals surface area contributed by atoms with Crippen LogP contribution in [0.15, 0.2) is 90.6 Å². The van der Waals surface area contributed by atoms with Crippen LogP contribution in [-0.2, 0) is 15.6 Å². The Labute approximate surface area is 154 Å². The zero-order chi connectivity index (χ0) is 18.8. The smallest absolute Gasteiger partial charge is 0.267 e. The summed E-state index contributed by atoms with van der Waals surface area (Å²) in [5.74, 6) is 0. The van der Waals surface area contributed by atoms with Crippen LogP contribution < -0.4 is 0 Å². The minimum atomic E-state index is -3.71. The van der Waals surface area contributed by atoms with Crippen molar-refractivity contribution in [2.75, 3.05) is 0 Å². The van der Waals surface area contributed by atoms with E-state index in [0.29, 0.717) is 11.1 Å². The van der Waals surface area contributed by atoms with Crippen LogP contribution in [0.5, 0.6) is 0 Å². The van der Waals surface area contributed by atoms with E-state index in [0.717, 1.165) is 9.54 Å². The standard InChI is InChI=1S/C21H21NO3S/c1-3-14-21(23,18-7-5-4-6-8-18)19-13-15-22(16-19)26(24,25)20-11-9-17(2)10-12-20/h3-13,15-16,23H,1,14H2,2H3. The number of aromatic nitrogens is 1. The lowest BCUT2D eigenvalue weighted by molar-refractivity contribution is 0.0843. The maximum Gasteiger partial charge on any atom is 0.267 e. The minimum Gasteiger partial charge on any atom is -0.380 e. The maximum absolute atomic E-state index is 12.8. The van der Waals surface area contributed by atoms with Gasteiger partial charge in [-0.3, -0.25) is 0 Å². The number of aryl methyl sites for hydroxylation is 1. The first-order valence-electron chi connectivity index (χ1n) is 8.27. The van der Waals surface area contributed by atoms with E-state index in [2.05, 4.69) is 6.58 Å². The quantitative estimate of drug-likeness (QED) is 0.673. The number of nitrogens with zero attached hydrogens (tertiary/aromatic N) is 1. The van der Waals surface area contributed by atoms with Crippen molar-refractivity contribution in [2.45, 2.75) is 23.8 Å². The summed E-state index contributed by atoms with van der Waals surface area (Å²) in [4.78, 5) is 0.206. The molecule has 0 amide bonds. The fourth-order valence-corrected chi connectivity index (χ4v) is 4.13. The van der Waals surface area contributed by atoms with Crippen molar-refractivity contribution in [1.82, 2.24) is 3.97 Å². The Hall–Kier alpha value is -2.63. The van der Waals surface area contributed by atoms with Gasteiger partial charge < -0.3 is 5.11 Å². The predicted molar refractivity (Wildman–Crippen MR) is 102 cm³/mol. The molecule has 0 spiro atoms. The van der Waals surface area contributed by atoms with Crippen molar-refractivity contribution in [3.63, 3.8) is 0 Å². The van der Waals surface area contributed by atoms with Crippen molar-refractivity contribution in [2.24, 2.45) is 0 Å². The van der Waals surface area contributed by atoms with Crippen molar-refractivity contribution < 1.29 is 13.5 Å². The first-order chi connectivity index (χ1) is 12.4. The molecule has 0 aliphatic heterocycles. The molecule has 1 unspecified atom stereocenters. The molecule has 3 aromatic rings. The minimum absolute atomic E-state index is 0.206. The van der Waals surface area contributed by atoms with E-state index in [1.54, 1.807) is 36.4 Å². The molecule has 134 valence electrons. The highest BCUT2D eigenvalue weighted by atomic mass is 32.2. The fourth-order valence-electron chi connectivity index (χ4n) is 2.93. The molecule has 0 bridgehead atoms. The molecule has 1 N–H and O–H groups in total. The van der Waals surface area contributed by atoms with Gasteiger partial charge in [0.25, 0.3) is 10.0 Å². The highest BCUT2D eigenvalue weighted by molar-refractivity contribution is 7.90. The third-order valence-electron chi connectivity index (χ3n) is 4.43. The average Bonchev–Trinajstić information content (AvgIpc) is 3.15. The summed E-state index contributed by atoms with van der Waals surface area (Å²) in [6.07, 6.45) is 4.82. The third kappa shape index (κ3) is 3.23. The number of rotatable bonds is 6. The van der Waals surface area contributed by atoms with E-state index < -0.39 is 15.6 Å². The molecule has 5 heteroatoms. The second kappa shape index (κ2) is 6.94. The fraction of sp³-hybridized carbons (Fsp3) is 0.143. The Morgan fingerprint density at radius 1 is 1.04 bits per heavy atom. The lowest BCUT2D eigenvalue weighted by Gasteiger charge is -2.27. The summed E-state index contributed by atoms with van der Waals surface area (Å²) in [5, 5.41) is 11.3. The van der Waals surface area contributed by atoms with E-state index in [9.17, 15) is 13.5 Å². The van der Waals surface area contributed by atoms with Gasteiger partial charge in [-0.1, -0.05) is 54.1 Å². The number of aliphatic hydroxyl groups is 1. The lowest BCUT2D eigenvalue weighted by Crippen LogP contribution is -2.26. The third-order valence-corrected chi connectivity index (χ3v) is 6.08. The summed E-state index contributed by atoms with van der Waals surface area (Å²) in [6, 6.07) is 17.5. The van der Waals surface area contributed by atoms with Crippen LogP contribution in [0.2, 0.25) is 0 Å².